The summed E-state index contributed by atoms with van der Waals surface area (Å²) >= 11 is 0. The number of carbonyl (C=O) groups excluding carboxylic acids is 1. The molecule has 0 aromatic carbocycles. The number of nitrogens with one attached hydrogen (secondary N) is 2. The molecule has 0 radical (unpaired) electrons. The maximum atomic E-state index is 11.0. The van der Waals surface area contributed by atoms with Crippen molar-refractivity contribution in [2.45, 2.75) is 20.3 Å². The molecular formula is C7H10N4O2. The van der Waals surface area contributed by atoms with Crippen molar-refractivity contribution >= 4 is 11.9 Å². The largest absolute Gasteiger partial charge is 0.295 e. The minimum Gasteiger partial charge on any atom is -0.295 e. The second kappa shape index (κ2) is 3.79. The second-order valence-electron chi connectivity index (χ2n) is 2.49. The van der Waals surface area contributed by atoms with Gasteiger partial charge in [0, 0.05) is 6.42 Å². The fraction of sp³-hybridized carbons (Fsp3) is 0.429. The van der Waals surface area contributed by atoms with Gasteiger partial charge < -0.3 is 0 Å². The van der Waals surface area contributed by atoms with Crippen LogP contribution in [0.3, 0.4) is 0 Å². The van der Waals surface area contributed by atoms with Crippen molar-refractivity contribution < 1.29 is 4.79 Å². The van der Waals surface area contributed by atoms with E-state index in [1.165, 1.54) is 6.92 Å². The highest BCUT2D eigenvalue weighted by Crippen LogP contribution is 1.91. The lowest BCUT2D eigenvalue weighted by Crippen LogP contribution is -2.20. The quantitative estimate of drug-likeness (QED) is 0.664. The molecule has 0 bridgehead atoms. The Kier molecular flexibility index (Phi) is 2.73. The van der Waals surface area contributed by atoms with E-state index in [1.54, 1.807) is 6.92 Å². The van der Waals surface area contributed by atoms with Gasteiger partial charge in [-0.1, -0.05) is 6.92 Å². The molecule has 0 aliphatic rings. The van der Waals surface area contributed by atoms with Crippen molar-refractivity contribution in [3.05, 3.63) is 16.0 Å². The van der Waals surface area contributed by atoms with Gasteiger partial charge in [-0.05, 0) is 6.92 Å². The van der Waals surface area contributed by atoms with Crippen LogP contribution >= 0.6 is 0 Å². The summed E-state index contributed by atoms with van der Waals surface area (Å²) in [5.41, 5.74) is -0.0732. The van der Waals surface area contributed by atoms with Crippen LogP contribution in [0.1, 0.15) is 19.0 Å². The Hall–Kier alpha value is -1.72. The number of aromatic nitrogens is 3. The molecule has 0 fully saturated rings. The molecule has 1 aromatic heterocycles. The average Bonchev–Trinajstić information content (AvgIpc) is 2.11. The zero-order valence-corrected chi connectivity index (χ0v) is 7.42. The normalized spacial score (nSPS) is 9.69. The number of aromatic amines is 1. The topological polar surface area (TPSA) is 87.7 Å². The molecule has 0 saturated carbocycles. The third-order valence-electron chi connectivity index (χ3n) is 1.44. The van der Waals surface area contributed by atoms with E-state index in [2.05, 4.69) is 20.5 Å². The van der Waals surface area contributed by atoms with Crippen LogP contribution in [0.2, 0.25) is 0 Å². The Morgan fingerprint density at radius 1 is 1.54 bits per heavy atom. The average molecular weight is 182 g/mol. The van der Waals surface area contributed by atoms with Crippen LogP contribution in [0.4, 0.5) is 5.95 Å². The molecule has 2 N–H and O–H groups in total. The molecule has 0 aliphatic carbocycles. The maximum Gasteiger partial charge on any atom is 0.273 e. The standard InChI is InChI=1S/C7H10N4O2/c1-3-5(12)8-7-9-6(13)4(2)10-11-7/h3H2,1-2H3,(H2,8,9,11,12,13). The highest BCUT2D eigenvalue weighted by atomic mass is 16.2. The fourth-order valence-corrected chi connectivity index (χ4v) is 0.670. The Morgan fingerprint density at radius 3 is 2.77 bits per heavy atom. The van der Waals surface area contributed by atoms with Crippen molar-refractivity contribution in [3.8, 4) is 0 Å². The maximum absolute atomic E-state index is 11.0. The number of hydrogen-bond acceptors (Lipinski definition) is 4. The number of nitrogens with zero attached hydrogens (tertiary/aromatic N) is 2. The lowest BCUT2D eigenvalue weighted by molar-refractivity contribution is -0.115. The highest BCUT2D eigenvalue weighted by Gasteiger charge is 2.02. The number of anilines is 1. The van der Waals surface area contributed by atoms with Crippen LogP contribution in [-0.4, -0.2) is 21.1 Å². The SMILES string of the molecule is CCC(=O)Nc1nnc(C)c(=O)[nH]1. The molecule has 0 atom stereocenters. The van der Waals surface area contributed by atoms with Gasteiger partial charge in [-0.3, -0.25) is 19.9 Å². The first-order valence-electron chi connectivity index (χ1n) is 3.87. The van der Waals surface area contributed by atoms with Crippen LogP contribution in [0, 0.1) is 6.92 Å². The summed E-state index contributed by atoms with van der Waals surface area (Å²) in [5, 5.41) is 9.54. The van der Waals surface area contributed by atoms with Crippen LogP contribution in [-0.2, 0) is 4.79 Å². The van der Waals surface area contributed by atoms with E-state index in [9.17, 15) is 9.59 Å². The minimum atomic E-state index is -0.346. The fourth-order valence-electron chi connectivity index (χ4n) is 0.670. The number of aryl methyl sites for hydroxylation is 1. The smallest absolute Gasteiger partial charge is 0.273 e. The Morgan fingerprint density at radius 2 is 2.23 bits per heavy atom. The monoisotopic (exact) mass is 182 g/mol. The van der Waals surface area contributed by atoms with Crippen LogP contribution in [0.5, 0.6) is 0 Å². The molecule has 1 rings (SSSR count). The minimum absolute atomic E-state index is 0.0856. The zero-order chi connectivity index (χ0) is 9.84. The molecule has 70 valence electrons. The van der Waals surface area contributed by atoms with E-state index in [0.717, 1.165) is 0 Å². The van der Waals surface area contributed by atoms with Crippen molar-refractivity contribution in [1.82, 2.24) is 15.2 Å². The van der Waals surface area contributed by atoms with E-state index < -0.39 is 0 Å². The zero-order valence-electron chi connectivity index (χ0n) is 7.42. The van der Waals surface area contributed by atoms with Gasteiger partial charge in [-0.25, -0.2) is 0 Å². The third-order valence-corrected chi connectivity index (χ3v) is 1.44. The lowest BCUT2D eigenvalue weighted by atomic mass is 10.4. The van der Waals surface area contributed by atoms with Crippen LogP contribution in [0.15, 0.2) is 4.79 Å². The summed E-state index contributed by atoms with van der Waals surface area (Å²) in [6.07, 6.45) is 0.331. The predicted molar refractivity (Wildman–Crippen MR) is 46.3 cm³/mol. The van der Waals surface area contributed by atoms with Gasteiger partial charge in [0.05, 0.1) is 0 Å². The number of carbonyl (C=O) groups is 1. The Labute approximate surface area is 74.4 Å². The first kappa shape index (κ1) is 9.37. The Balaban J connectivity index is 2.86. The summed E-state index contributed by atoms with van der Waals surface area (Å²) in [6, 6.07) is 0. The van der Waals surface area contributed by atoms with Crippen molar-refractivity contribution in [2.75, 3.05) is 5.32 Å². The van der Waals surface area contributed by atoms with E-state index in [-0.39, 0.29) is 23.1 Å². The summed E-state index contributed by atoms with van der Waals surface area (Å²) in [5.74, 6) is -0.128. The molecule has 1 amide bonds. The summed E-state index contributed by atoms with van der Waals surface area (Å²) in [6.45, 7) is 3.24. The summed E-state index contributed by atoms with van der Waals surface area (Å²) in [7, 11) is 0. The molecule has 1 aromatic rings. The van der Waals surface area contributed by atoms with Crippen molar-refractivity contribution in [1.29, 1.82) is 0 Å². The number of rotatable bonds is 2. The van der Waals surface area contributed by atoms with Crippen LogP contribution in [0.25, 0.3) is 0 Å². The molecule has 6 heteroatoms. The third kappa shape index (κ3) is 2.36. The van der Waals surface area contributed by atoms with Gasteiger partial charge in [-0.2, -0.15) is 0 Å². The molecule has 13 heavy (non-hydrogen) atoms. The first-order valence-corrected chi connectivity index (χ1v) is 3.87. The number of amides is 1. The van der Waals surface area contributed by atoms with Crippen LogP contribution < -0.4 is 10.9 Å². The lowest BCUT2D eigenvalue weighted by Gasteiger charge is -2.00. The van der Waals surface area contributed by atoms with Gasteiger partial charge in [0.25, 0.3) is 5.56 Å². The van der Waals surface area contributed by atoms with E-state index in [0.29, 0.717) is 6.42 Å². The molecule has 0 unspecified atom stereocenters. The van der Waals surface area contributed by atoms with Gasteiger partial charge in [0.1, 0.15) is 5.69 Å². The summed E-state index contributed by atoms with van der Waals surface area (Å²) < 4.78 is 0. The molecule has 1 heterocycles. The molecule has 0 aliphatic heterocycles. The van der Waals surface area contributed by atoms with Crippen molar-refractivity contribution in [2.24, 2.45) is 0 Å². The second-order valence-corrected chi connectivity index (χ2v) is 2.49. The van der Waals surface area contributed by atoms with E-state index in [1.807, 2.05) is 0 Å². The first-order chi connectivity index (χ1) is 6.13. The van der Waals surface area contributed by atoms with E-state index in [4.69, 9.17) is 0 Å². The molecular weight excluding hydrogens is 172 g/mol. The molecule has 0 spiro atoms. The van der Waals surface area contributed by atoms with Gasteiger partial charge in [0.15, 0.2) is 0 Å². The van der Waals surface area contributed by atoms with Gasteiger partial charge >= 0.3 is 0 Å². The van der Waals surface area contributed by atoms with Gasteiger partial charge in [-0.15, -0.1) is 10.2 Å². The Bertz CT molecular complexity index is 371. The summed E-state index contributed by atoms with van der Waals surface area (Å²) in [4.78, 5) is 24.3. The van der Waals surface area contributed by atoms with Crippen molar-refractivity contribution in [3.63, 3.8) is 0 Å². The van der Waals surface area contributed by atoms with Gasteiger partial charge in [0.2, 0.25) is 11.9 Å². The number of hydrogen-bond donors (Lipinski definition) is 2. The molecule has 0 saturated heterocycles. The predicted octanol–water partition coefficient (Wildman–Crippen LogP) is -0.178. The highest BCUT2D eigenvalue weighted by molar-refractivity contribution is 5.88. The molecule has 6 nitrogen and oxygen atoms in total. The van der Waals surface area contributed by atoms with E-state index >= 15 is 0 Å². The number of H-pyrrole nitrogens is 1.